The third kappa shape index (κ3) is 4.16. The van der Waals surface area contributed by atoms with E-state index in [0.717, 1.165) is 30.6 Å². The molecule has 3 rings (SSSR count). The van der Waals surface area contributed by atoms with Crippen molar-refractivity contribution in [3.8, 4) is 0 Å². The van der Waals surface area contributed by atoms with Gasteiger partial charge in [-0.2, -0.15) is 0 Å². The van der Waals surface area contributed by atoms with Gasteiger partial charge in [0.1, 0.15) is 11.6 Å². The predicted molar refractivity (Wildman–Crippen MR) is 97.3 cm³/mol. The van der Waals surface area contributed by atoms with E-state index in [9.17, 15) is 9.18 Å². The van der Waals surface area contributed by atoms with Crippen LogP contribution in [0.15, 0.2) is 42.6 Å². The minimum Gasteiger partial charge on any atom is -0.363 e. The summed E-state index contributed by atoms with van der Waals surface area (Å²) in [6.45, 7) is 1.43. The van der Waals surface area contributed by atoms with Crippen molar-refractivity contribution in [2.75, 3.05) is 32.1 Å². The Morgan fingerprint density at radius 3 is 2.52 bits per heavy atom. The van der Waals surface area contributed by atoms with Crippen molar-refractivity contribution in [1.82, 2.24) is 9.88 Å². The summed E-state index contributed by atoms with van der Waals surface area (Å²) in [5.74, 6) is 1.16. The molecule has 5 heteroatoms. The van der Waals surface area contributed by atoms with Gasteiger partial charge in [-0.1, -0.05) is 18.2 Å². The lowest BCUT2D eigenvalue weighted by molar-refractivity contribution is 0.0690. The zero-order valence-electron chi connectivity index (χ0n) is 14.8. The number of piperidine rings is 1. The van der Waals surface area contributed by atoms with Crippen LogP contribution >= 0.6 is 0 Å². The number of aromatic nitrogens is 1. The second kappa shape index (κ2) is 7.64. The van der Waals surface area contributed by atoms with E-state index in [1.165, 1.54) is 6.07 Å². The molecule has 1 fully saturated rings. The van der Waals surface area contributed by atoms with E-state index in [-0.39, 0.29) is 11.7 Å². The molecule has 0 unspecified atom stereocenters. The summed E-state index contributed by atoms with van der Waals surface area (Å²) in [7, 11) is 3.84. The van der Waals surface area contributed by atoms with Gasteiger partial charge in [0.15, 0.2) is 0 Å². The number of nitrogens with zero attached hydrogens (tertiary/aromatic N) is 3. The molecule has 2 aromatic rings. The number of carbonyl (C=O) groups excluding carboxylic acids is 1. The molecule has 25 heavy (non-hydrogen) atoms. The maximum absolute atomic E-state index is 13.8. The fourth-order valence-electron chi connectivity index (χ4n) is 3.27. The minimum atomic E-state index is -0.131. The molecule has 1 aromatic carbocycles. The van der Waals surface area contributed by atoms with Gasteiger partial charge in [-0.25, -0.2) is 9.37 Å². The summed E-state index contributed by atoms with van der Waals surface area (Å²) in [4.78, 5) is 20.7. The van der Waals surface area contributed by atoms with Crippen molar-refractivity contribution >= 4 is 11.7 Å². The van der Waals surface area contributed by atoms with Crippen LogP contribution in [0.5, 0.6) is 0 Å². The standard InChI is InChI=1S/C20H24FN3O/c1-23(2)19-8-7-17(14-22-19)20(25)24-11-9-15(10-12-24)13-16-5-3-4-6-18(16)21/h3-8,14-15H,9-13H2,1-2H3. The molecule has 2 heterocycles. The average molecular weight is 341 g/mol. The molecule has 0 bridgehead atoms. The van der Waals surface area contributed by atoms with Crippen LogP contribution in [0.1, 0.15) is 28.8 Å². The molecule has 132 valence electrons. The predicted octanol–water partition coefficient (Wildman–Crippen LogP) is 3.38. The first kappa shape index (κ1) is 17.4. The Labute approximate surface area is 148 Å². The van der Waals surface area contributed by atoms with Gasteiger partial charge >= 0.3 is 0 Å². The summed E-state index contributed by atoms with van der Waals surface area (Å²) in [5.41, 5.74) is 1.40. The van der Waals surface area contributed by atoms with Gasteiger partial charge in [0.25, 0.3) is 5.91 Å². The highest BCUT2D eigenvalue weighted by Gasteiger charge is 2.24. The quantitative estimate of drug-likeness (QED) is 0.855. The number of amides is 1. The highest BCUT2D eigenvalue weighted by atomic mass is 19.1. The smallest absolute Gasteiger partial charge is 0.255 e. The molecule has 0 atom stereocenters. The molecule has 1 saturated heterocycles. The van der Waals surface area contributed by atoms with E-state index >= 15 is 0 Å². The van der Waals surface area contributed by atoms with Gasteiger partial charge in [-0.15, -0.1) is 0 Å². The molecule has 1 aliphatic rings. The average Bonchev–Trinajstić information content (AvgIpc) is 2.64. The fourth-order valence-corrected chi connectivity index (χ4v) is 3.27. The van der Waals surface area contributed by atoms with Crippen molar-refractivity contribution in [3.05, 3.63) is 59.5 Å². The molecular formula is C20H24FN3O. The van der Waals surface area contributed by atoms with Crippen LogP contribution in [0.2, 0.25) is 0 Å². The van der Waals surface area contributed by atoms with Crippen molar-refractivity contribution in [2.24, 2.45) is 5.92 Å². The molecule has 1 aromatic heterocycles. The summed E-state index contributed by atoms with van der Waals surface area (Å²) in [6, 6.07) is 10.6. The molecule has 0 saturated carbocycles. The molecule has 1 amide bonds. The number of halogens is 1. The van der Waals surface area contributed by atoms with Crippen molar-refractivity contribution in [3.63, 3.8) is 0 Å². The monoisotopic (exact) mass is 341 g/mol. The van der Waals surface area contributed by atoms with Crippen LogP contribution in [0.25, 0.3) is 0 Å². The van der Waals surface area contributed by atoms with E-state index in [1.54, 1.807) is 12.3 Å². The van der Waals surface area contributed by atoms with Crippen LogP contribution < -0.4 is 4.90 Å². The lowest BCUT2D eigenvalue weighted by Crippen LogP contribution is -2.39. The van der Waals surface area contributed by atoms with Crippen LogP contribution in [0.3, 0.4) is 0 Å². The second-order valence-electron chi connectivity index (χ2n) is 6.83. The number of hydrogen-bond acceptors (Lipinski definition) is 3. The molecular weight excluding hydrogens is 317 g/mol. The number of likely N-dealkylation sites (tertiary alicyclic amines) is 1. The van der Waals surface area contributed by atoms with Crippen molar-refractivity contribution < 1.29 is 9.18 Å². The van der Waals surface area contributed by atoms with E-state index in [0.29, 0.717) is 24.6 Å². The van der Waals surface area contributed by atoms with Crippen LogP contribution in [0, 0.1) is 11.7 Å². The van der Waals surface area contributed by atoms with E-state index < -0.39 is 0 Å². The number of carbonyl (C=O) groups is 1. The van der Waals surface area contributed by atoms with E-state index in [1.807, 2.05) is 48.2 Å². The Morgan fingerprint density at radius 2 is 1.92 bits per heavy atom. The zero-order valence-corrected chi connectivity index (χ0v) is 14.8. The Kier molecular flexibility index (Phi) is 5.31. The Morgan fingerprint density at radius 1 is 1.20 bits per heavy atom. The maximum Gasteiger partial charge on any atom is 0.255 e. The number of pyridine rings is 1. The summed E-state index contributed by atoms with van der Waals surface area (Å²) >= 11 is 0. The lowest BCUT2D eigenvalue weighted by Gasteiger charge is -2.32. The Balaban J connectivity index is 1.56. The van der Waals surface area contributed by atoms with Gasteiger partial charge in [0, 0.05) is 33.4 Å². The zero-order chi connectivity index (χ0) is 17.8. The summed E-state index contributed by atoms with van der Waals surface area (Å²) in [5, 5.41) is 0. The van der Waals surface area contributed by atoms with Gasteiger partial charge in [-0.3, -0.25) is 4.79 Å². The molecule has 0 aliphatic carbocycles. The molecule has 1 aliphatic heterocycles. The number of hydrogen-bond donors (Lipinski definition) is 0. The first-order valence-corrected chi connectivity index (χ1v) is 8.70. The fraction of sp³-hybridized carbons (Fsp3) is 0.400. The normalized spacial score (nSPS) is 15.2. The molecule has 0 N–H and O–H groups in total. The first-order chi connectivity index (χ1) is 12.0. The molecule has 4 nitrogen and oxygen atoms in total. The third-order valence-electron chi connectivity index (χ3n) is 4.82. The van der Waals surface area contributed by atoms with Crippen LogP contribution in [0.4, 0.5) is 10.2 Å². The number of anilines is 1. The Hall–Kier alpha value is -2.43. The Bertz CT molecular complexity index is 722. The van der Waals surface area contributed by atoms with Crippen LogP contribution in [-0.4, -0.2) is 43.0 Å². The maximum atomic E-state index is 13.8. The highest BCUT2D eigenvalue weighted by Crippen LogP contribution is 2.24. The second-order valence-corrected chi connectivity index (χ2v) is 6.83. The van der Waals surface area contributed by atoms with Gasteiger partial charge in [-0.05, 0) is 48.9 Å². The van der Waals surface area contributed by atoms with E-state index in [2.05, 4.69) is 4.98 Å². The molecule has 0 radical (unpaired) electrons. The van der Waals surface area contributed by atoms with E-state index in [4.69, 9.17) is 0 Å². The lowest BCUT2D eigenvalue weighted by atomic mass is 9.90. The van der Waals surface area contributed by atoms with Gasteiger partial charge < -0.3 is 9.80 Å². The van der Waals surface area contributed by atoms with Gasteiger partial charge in [0.2, 0.25) is 0 Å². The summed E-state index contributed by atoms with van der Waals surface area (Å²) < 4.78 is 13.8. The minimum absolute atomic E-state index is 0.0298. The number of rotatable bonds is 4. The molecule has 0 spiro atoms. The SMILES string of the molecule is CN(C)c1ccc(C(=O)N2CCC(Cc3ccccc3F)CC2)cn1. The van der Waals surface area contributed by atoms with Crippen LogP contribution in [-0.2, 0) is 6.42 Å². The number of benzene rings is 1. The topological polar surface area (TPSA) is 36.4 Å². The van der Waals surface area contributed by atoms with Crippen molar-refractivity contribution in [2.45, 2.75) is 19.3 Å². The first-order valence-electron chi connectivity index (χ1n) is 8.70. The third-order valence-corrected chi connectivity index (χ3v) is 4.82. The largest absolute Gasteiger partial charge is 0.363 e. The summed E-state index contributed by atoms with van der Waals surface area (Å²) in [6.07, 6.45) is 4.20. The van der Waals surface area contributed by atoms with Crippen molar-refractivity contribution in [1.29, 1.82) is 0 Å². The van der Waals surface area contributed by atoms with Gasteiger partial charge in [0.05, 0.1) is 5.56 Å². The highest BCUT2D eigenvalue weighted by molar-refractivity contribution is 5.94.